The highest BCUT2D eigenvalue weighted by molar-refractivity contribution is 5.79. The van der Waals surface area contributed by atoms with Gasteiger partial charge in [-0.3, -0.25) is 0 Å². The van der Waals surface area contributed by atoms with Crippen LogP contribution in [0.15, 0.2) is 65.4 Å². The molecule has 0 radical (unpaired) electrons. The number of methoxy groups -OCH3 is 1. The van der Waals surface area contributed by atoms with Gasteiger partial charge >= 0.3 is 0 Å². The van der Waals surface area contributed by atoms with Gasteiger partial charge in [0.2, 0.25) is 0 Å². The van der Waals surface area contributed by atoms with Gasteiger partial charge in [-0.2, -0.15) is 0 Å². The van der Waals surface area contributed by atoms with Gasteiger partial charge in [-0.15, -0.1) is 0 Å². The number of hydrogen-bond donors (Lipinski definition) is 1. The summed E-state index contributed by atoms with van der Waals surface area (Å²) in [5.74, 6) is 1.67. The molecule has 6 nitrogen and oxygen atoms in total. The number of allylic oxidation sites excluding steroid dienone is 7. The molecule has 6 heteroatoms. The summed E-state index contributed by atoms with van der Waals surface area (Å²) in [4.78, 5) is 4.95. The molecular formula is C25H26N2O4. The maximum atomic E-state index is 6.73. The summed E-state index contributed by atoms with van der Waals surface area (Å²) in [5.41, 5.74) is 8.14. The van der Waals surface area contributed by atoms with Crippen LogP contribution >= 0.6 is 0 Å². The number of ether oxygens (including phenoxy) is 4. The molecule has 1 saturated carbocycles. The van der Waals surface area contributed by atoms with Gasteiger partial charge in [0.15, 0.2) is 0 Å². The highest BCUT2D eigenvalue weighted by Gasteiger charge is 2.75. The van der Waals surface area contributed by atoms with E-state index >= 15 is 0 Å². The summed E-state index contributed by atoms with van der Waals surface area (Å²) in [6, 6.07) is 6.61. The number of hydrogen-bond acceptors (Lipinski definition) is 6. The molecule has 2 N–H and O–H groups in total. The van der Waals surface area contributed by atoms with Crippen LogP contribution in [0.3, 0.4) is 0 Å². The molecule has 1 aromatic carbocycles. The van der Waals surface area contributed by atoms with Gasteiger partial charge in [0.25, 0.3) is 6.02 Å². The van der Waals surface area contributed by atoms with E-state index in [0.717, 1.165) is 47.5 Å². The second kappa shape index (κ2) is 6.50. The Morgan fingerprint density at radius 3 is 2.61 bits per heavy atom. The fourth-order valence-corrected chi connectivity index (χ4v) is 5.70. The van der Waals surface area contributed by atoms with Gasteiger partial charge in [0.05, 0.1) is 25.7 Å². The van der Waals surface area contributed by atoms with Crippen molar-refractivity contribution in [1.82, 2.24) is 0 Å². The zero-order valence-corrected chi connectivity index (χ0v) is 17.6. The van der Waals surface area contributed by atoms with Crippen molar-refractivity contribution in [3.8, 4) is 5.75 Å². The van der Waals surface area contributed by atoms with E-state index in [1.54, 1.807) is 7.11 Å². The summed E-state index contributed by atoms with van der Waals surface area (Å²) in [5, 5.41) is 0. The molecule has 1 saturated heterocycles. The number of amidine groups is 1. The van der Waals surface area contributed by atoms with E-state index in [1.807, 2.05) is 30.4 Å². The van der Waals surface area contributed by atoms with Crippen LogP contribution in [0, 0.1) is 5.41 Å². The van der Waals surface area contributed by atoms with E-state index in [1.165, 1.54) is 0 Å². The summed E-state index contributed by atoms with van der Waals surface area (Å²) in [7, 11) is 1.68. The minimum absolute atomic E-state index is 0.249. The van der Waals surface area contributed by atoms with Gasteiger partial charge in [-0.1, -0.05) is 30.4 Å². The molecule has 2 aliphatic carbocycles. The quantitative estimate of drug-likeness (QED) is 0.794. The Morgan fingerprint density at radius 1 is 1.10 bits per heavy atom. The number of benzene rings is 1. The van der Waals surface area contributed by atoms with Gasteiger partial charge in [-0.25, -0.2) is 4.99 Å². The van der Waals surface area contributed by atoms with E-state index in [4.69, 9.17) is 29.7 Å². The van der Waals surface area contributed by atoms with Crippen molar-refractivity contribution in [2.24, 2.45) is 16.1 Å². The highest BCUT2D eigenvalue weighted by Crippen LogP contribution is 2.67. The lowest BCUT2D eigenvalue weighted by Crippen LogP contribution is -2.75. The maximum absolute atomic E-state index is 6.73. The first-order valence-electron chi connectivity index (χ1n) is 10.8. The Morgan fingerprint density at radius 2 is 1.97 bits per heavy atom. The molecule has 0 aromatic heterocycles. The van der Waals surface area contributed by atoms with Crippen LogP contribution in [0.1, 0.15) is 30.4 Å². The molecule has 1 aromatic rings. The average Bonchev–Trinajstić information content (AvgIpc) is 3.07. The van der Waals surface area contributed by atoms with Crippen LogP contribution in [0.25, 0.3) is 5.57 Å². The van der Waals surface area contributed by atoms with E-state index in [9.17, 15) is 0 Å². The van der Waals surface area contributed by atoms with Gasteiger partial charge < -0.3 is 24.7 Å². The second-order valence-corrected chi connectivity index (χ2v) is 8.95. The number of nitrogens with zero attached hydrogens (tertiary/aromatic N) is 1. The minimum Gasteiger partial charge on any atom is -0.497 e. The average molecular weight is 418 g/mol. The van der Waals surface area contributed by atoms with Crippen molar-refractivity contribution in [3.63, 3.8) is 0 Å². The molecule has 6 rings (SSSR count). The first-order valence-corrected chi connectivity index (χ1v) is 10.8. The van der Waals surface area contributed by atoms with Crippen molar-refractivity contribution in [3.05, 3.63) is 71.5 Å². The van der Waals surface area contributed by atoms with Crippen LogP contribution < -0.4 is 10.5 Å². The van der Waals surface area contributed by atoms with E-state index < -0.39 is 5.54 Å². The molecular weight excluding hydrogens is 392 g/mol. The van der Waals surface area contributed by atoms with Crippen LogP contribution in [-0.4, -0.2) is 38.6 Å². The lowest BCUT2D eigenvalue weighted by atomic mass is 9.49. The minimum atomic E-state index is -0.592. The molecule has 31 heavy (non-hydrogen) atoms. The molecule has 1 atom stereocenters. The molecule has 3 aliphatic heterocycles. The normalized spacial score (nSPS) is 34.3. The third-order valence-electron chi connectivity index (χ3n) is 7.61. The SMILES string of the molecule is COC1=C/C(c2ccc3c(c2)C2(COC(N)=N2)C2(COC2)C2(CCC2)O3)=C\C=C\C=C\1. The zero-order valence-electron chi connectivity index (χ0n) is 17.6. The van der Waals surface area contributed by atoms with Gasteiger partial charge in [0, 0.05) is 5.56 Å². The molecule has 160 valence electrons. The van der Waals surface area contributed by atoms with E-state index in [2.05, 4.69) is 24.3 Å². The summed E-state index contributed by atoms with van der Waals surface area (Å²) in [6.45, 7) is 1.64. The first-order chi connectivity index (χ1) is 15.1. The van der Waals surface area contributed by atoms with Crippen LogP contribution in [-0.2, 0) is 19.7 Å². The maximum Gasteiger partial charge on any atom is 0.283 e. The van der Waals surface area contributed by atoms with Crippen molar-refractivity contribution < 1.29 is 18.9 Å². The Hall–Kier alpha value is -2.99. The smallest absolute Gasteiger partial charge is 0.283 e. The molecule has 1 unspecified atom stereocenters. The predicted octanol–water partition coefficient (Wildman–Crippen LogP) is 3.60. The lowest BCUT2D eigenvalue weighted by molar-refractivity contribution is -0.281. The van der Waals surface area contributed by atoms with E-state index in [-0.39, 0.29) is 17.0 Å². The Balaban J connectivity index is 1.53. The largest absolute Gasteiger partial charge is 0.497 e. The summed E-state index contributed by atoms with van der Waals surface area (Å²) >= 11 is 0. The van der Waals surface area contributed by atoms with Crippen LogP contribution in [0.4, 0.5) is 0 Å². The lowest BCUT2D eigenvalue weighted by Gasteiger charge is -2.66. The third-order valence-corrected chi connectivity index (χ3v) is 7.61. The highest BCUT2D eigenvalue weighted by atomic mass is 16.5. The van der Waals surface area contributed by atoms with Crippen molar-refractivity contribution in [2.45, 2.75) is 30.4 Å². The second-order valence-electron chi connectivity index (χ2n) is 8.95. The Bertz CT molecular complexity index is 1090. The third kappa shape index (κ3) is 2.39. The number of aliphatic imine (C=N–C) groups is 1. The molecule has 0 bridgehead atoms. The molecule has 5 aliphatic rings. The van der Waals surface area contributed by atoms with Crippen molar-refractivity contribution >= 4 is 11.6 Å². The van der Waals surface area contributed by atoms with Crippen molar-refractivity contribution in [2.75, 3.05) is 26.9 Å². The summed E-state index contributed by atoms with van der Waals surface area (Å²) in [6.07, 6.45) is 15.2. The number of nitrogens with two attached hydrogens (primary N) is 1. The zero-order chi connectivity index (χ0) is 21.1. The molecule has 3 spiro atoms. The summed E-state index contributed by atoms with van der Waals surface area (Å²) < 4.78 is 23.8. The molecule has 0 amide bonds. The van der Waals surface area contributed by atoms with Crippen molar-refractivity contribution in [1.29, 1.82) is 0 Å². The molecule has 2 fully saturated rings. The number of rotatable bonds is 2. The first kappa shape index (κ1) is 18.8. The predicted molar refractivity (Wildman–Crippen MR) is 118 cm³/mol. The molecule has 3 heterocycles. The van der Waals surface area contributed by atoms with E-state index in [0.29, 0.717) is 19.8 Å². The Kier molecular flexibility index (Phi) is 3.93. The van der Waals surface area contributed by atoms with Crippen LogP contribution in [0.2, 0.25) is 0 Å². The Labute approximate surface area is 181 Å². The van der Waals surface area contributed by atoms with Crippen LogP contribution in [0.5, 0.6) is 5.75 Å². The standard InChI is InChI=1S/C25H26N2O4/c1-28-19-7-4-2-3-6-17(12-19)18-8-9-21-20(13-18)25(16-30-22(26)27-25)23(14-29-15-23)24(31-21)10-5-11-24/h2-4,6-9,12-13H,5,10-11,14-16H2,1H3,(H2,26,27)/b3-2+,4-2?,6-3?,7-4+,17-6+,17-12?,19-7?,19-12+. The topological polar surface area (TPSA) is 75.3 Å². The number of fused-ring (bicyclic) bond motifs is 4. The monoisotopic (exact) mass is 418 g/mol. The van der Waals surface area contributed by atoms with Gasteiger partial charge in [0.1, 0.15) is 29.3 Å². The van der Waals surface area contributed by atoms with Gasteiger partial charge in [-0.05, 0) is 54.7 Å². The fourth-order valence-electron chi connectivity index (χ4n) is 5.70. The fraction of sp³-hybridized carbons (Fsp3) is 0.400.